The second kappa shape index (κ2) is 6.81. The van der Waals surface area contributed by atoms with E-state index >= 15 is 0 Å². The fourth-order valence-corrected chi connectivity index (χ4v) is 4.07. The van der Waals surface area contributed by atoms with Crippen molar-refractivity contribution in [2.24, 2.45) is 5.92 Å². The molecule has 1 atom stereocenters. The first kappa shape index (κ1) is 16.1. The zero-order valence-electron chi connectivity index (χ0n) is 11.9. The lowest BCUT2D eigenvalue weighted by Gasteiger charge is -2.23. The highest BCUT2D eigenvalue weighted by Gasteiger charge is 2.36. The molecule has 1 aliphatic carbocycles. The number of rotatable bonds is 4. The van der Waals surface area contributed by atoms with Gasteiger partial charge in [-0.2, -0.15) is 0 Å². The third-order valence-electron chi connectivity index (χ3n) is 3.87. The van der Waals surface area contributed by atoms with Crippen molar-refractivity contribution in [2.75, 3.05) is 18.2 Å². The topological polar surface area (TPSA) is 49.4 Å². The molecule has 2 fully saturated rings. The second-order valence-corrected chi connectivity index (χ2v) is 7.93. The number of hydrogen-bond acceptors (Lipinski definition) is 3. The van der Waals surface area contributed by atoms with E-state index in [0.717, 1.165) is 11.0 Å². The molecule has 0 aromatic heterocycles. The first-order valence-electron chi connectivity index (χ1n) is 7.17. The van der Waals surface area contributed by atoms with Crippen molar-refractivity contribution in [3.05, 3.63) is 33.3 Å². The number of carbonyl (C=O) groups is 2. The van der Waals surface area contributed by atoms with Crippen molar-refractivity contribution in [1.29, 1.82) is 0 Å². The van der Waals surface area contributed by atoms with Gasteiger partial charge in [0.25, 0.3) is 5.91 Å². The summed E-state index contributed by atoms with van der Waals surface area (Å²) in [5.74, 6) is 1.53. The lowest BCUT2D eigenvalue weighted by Crippen LogP contribution is -2.47. The number of amides is 2. The van der Waals surface area contributed by atoms with E-state index in [1.807, 2.05) is 0 Å². The highest BCUT2D eigenvalue weighted by atomic mass is 79.9. The average Bonchev–Trinajstić information content (AvgIpc) is 3.20. The van der Waals surface area contributed by atoms with Crippen LogP contribution in [-0.4, -0.2) is 40.9 Å². The van der Waals surface area contributed by atoms with Crippen LogP contribution < -0.4 is 5.32 Å². The van der Waals surface area contributed by atoms with Gasteiger partial charge in [-0.15, -0.1) is 11.8 Å². The van der Waals surface area contributed by atoms with Crippen molar-refractivity contribution >= 4 is 51.1 Å². The molecule has 0 unspecified atom stereocenters. The third kappa shape index (κ3) is 3.60. The minimum Gasteiger partial charge on any atom is -0.354 e. The summed E-state index contributed by atoms with van der Waals surface area (Å²) in [6.45, 7) is 0.722. The summed E-state index contributed by atoms with van der Waals surface area (Å²) in [6.07, 6.45) is 2.38. The van der Waals surface area contributed by atoms with Crippen LogP contribution in [0.3, 0.4) is 0 Å². The number of carbonyl (C=O) groups excluding carboxylic acids is 2. The van der Waals surface area contributed by atoms with Crippen molar-refractivity contribution < 1.29 is 9.59 Å². The van der Waals surface area contributed by atoms with E-state index in [2.05, 4.69) is 21.2 Å². The van der Waals surface area contributed by atoms with Gasteiger partial charge < -0.3 is 10.2 Å². The SMILES string of the molecule is O=C(NCC1CC1)[C@@H]1CSCN1C(=O)c1cc(Br)ccc1Cl. The van der Waals surface area contributed by atoms with E-state index in [4.69, 9.17) is 11.6 Å². The van der Waals surface area contributed by atoms with Crippen molar-refractivity contribution in [1.82, 2.24) is 10.2 Å². The summed E-state index contributed by atoms with van der Waals surface area (Å²) < 4.78 is 0.793. The Hall–Kier alpha value is -0.720. The molecule has 1 N–H and O–H groups in total. The van der Waals surface area contributed by atoms with Crippen LogP contribution >= 0.6 is 39.3 Å². The molecule has 1 aromatic rings. The minimum absolute atomic E-state index is 0.0589. The molecular formula is C15H16BrClN2O2S. The quantitative estimate of drug-likeness (QED) is 0.840. The predicted octanol–water partition coefficient (Wildman–Crippen LogP) is 3.14. The molecule has 1 saturated heterocycles. The number of halogens is 2. The Balaban J connectivity index is 1.72. The predicted molar refractivity (Wildman–Crippen MR) is 92.2 cm³/mol. The summed E-state index contributed by atoms with van der Waals surface area (Å²) in [5.41, 5.74) is 0.429. The van der Waals surface area contributed by atoms with Crippen LogP contribution in [0.25, 0.3) is 0 Å². The third-order valence-corrected chi connectivity index (χ3v) is 5.70. The van der Waals surface area contributed by atoms with E-state index < -0.39 is 6.04 Å². The van der Waals surface area contributed by atoms with Crippen LogP contribution in [0.4, 0.5) is 0 Å². The smallest absolute Gasteiger partial charge is 0.256 e. The van der Waals surface area contributed by atoms with Gasteiger partial charge in [-0.05, 0) is 37.0 Å². The lowest BCUT2D eigenvalue weighted by atomic mass is 10.1. The van der Waals surface area contributed by atoms with Crippen molar-refractivity contribution in [2.45, 2.75) is 18.9 Å². The summed E-state index contributed by atoms with van der Waals surface area (Å²) >= 11 is 11.1. The molecule has 0 radical (unpaired) electrons. The number of thioether (sulfide) groups is 1. The molecule has 0 spiro atoms. The molecule has 118 valence electrons. The summed E-state index contributed by atoms with van der Waals surface area (Å²) in [5, 5.41) is 3.37. The van der Waals surface area contributed by atoms with Crippen LogP contribution in [0.5, 0.6) is 0 Å². The Bertz CT molecular complexity index is 609. The van der Waals surface area contributed by atoms with Crippen LogP contribution in [-0.2, 0) is 4.79 Å². The maximum atomic E-state index is 12.7. The van der Waals surface area contributed by atoms with E-state index in [-0.39, 0.29) is 11.8 Å². The fraction of sp³-hybridized carbons (Fsp3) is 0.467. The van der Waals surface area contributed by atoms with Gasteiger partial charge in [0.2, 0.25) is 5.91 Å². The molecule has 1 aliphatic heterocycles. The highest BCUT2D eigenvalue weighted by Crippen LogP contribution is 2.29. The lowest BCUT2D eigenvalue weighted by molar-refractivity contribution is -0.124. The molecule has 0 bridgehead atoms. The highest BCUT2D eigenvalue weighted by molar-refractivity contribution is 9.10. The van der Waals surface area contributed by atoms with Crippen LogP contribution in [0.2, 0.25) is 5.02 Å². The van der Waals surface area contributed by atoms with Crippen LogP contribution in [0.15, 0.2) is 22.7 Å². The molecule has 1 aromatic carbocycles. The normalized spacial score (nSPS) is 21.0. The zero-order chi connectivity index (χ0) is 15.7. The van der Waals surface area contributed by atoms with E-state index in [1.54, 1.807) is 34.9 Å². The molecule has 3 rings (SSSR count). The summed E-state index contributed by atoms with van der Waals surface area (Å²) in [6, 6.07) is 4.76. The Kier molecular flexibility index (Phi) is 5.00. The van der Waals surface area contributed by atoms with Gasteiger partial charge in [-0.1, -0.05) is 27.5 Å². The zero-order valence-corrected chi connectivity index (χ0v) is 15.0. The average molecular weight is 404 g/mol. The van der Waals surface area contributed by atoms with Gasteiger partial charge in [0.1, 0.15) is 6.04 Å². The van der Waals surface area contributed by atoms with Gasteiger partial charge in [0.05, 0.1) is 16.5 Å². The standard InChI is InChI=1S/C15H16BrClN2O2S/c16-10-3-4-12(17)11(5-10)15(21)19-8-22-7-13(19)14(20)18-6-9-1-2-9/h3-5,9,13H,1-2,6-8H2,(H,18,20)/t13-/m0/s1. The van der Waals surface area contributed by atoms with Crippen molar-refractivity contribution in [3.8, 4) is 0 Å². The van der Waals surface area contributed by atoms with Crippen LogP contribution in [0, 0.1) is 5.92 Å². The van der Waals surface area contributed by atoms with Crippen molar-refractivity contribution in [3.63, 3.8) is 0 Å². The van der Waals surface area contributed by atoms with Gasteiger partial charge in [-0.25, -0.2) is 0 Å². The van der Waals surface area contributed by atoms with E-state index in [9.17, 15) is 9.59 Å². The van der Waals surface area contributed by atoms with Gasteiger partial charge >= 0.3 is 0 Å². The minimum atomic E-state index is -0.411. The number of benzene rings is 1. The van der Waals surface area contributed by atoms with Gasteiger partial charge in [0, 0.05) is 16.8 Å². The molecule has 7 heteroatoms. The van der Waals surface area contributed by atoms with Gasteiger partial charge in [0.15, 0.2) is 0 Å². The largest absolute Gasteiger partial charge is 0.354 e. The van der Waals surface area contributed by atoms with Gasteiger partial charge in [-0.3, -0.25) is 9.59 Å². The number of nitrogens with one attached hydrogen (secondary N) is 1. The Morgan fingerprint density at radius 3 is 2.91 bits per heavy atom. The molecule has 1 heterocycles. The Morgan fingerprint density at radius 2 is 2.18 bits per heavy atom. The number of hydrogen-bond donors (Lipinski definition) is 1. The maximum Gasteiger partial charge on any atom is 0.256 e. The molecule has 4 nitrogen and oxygen atoms in total. The molecular weight excluding hydrogens is 388 g/mol. The molecule has 2 aliphatic rings. The molecule has 22 heavy (non-hydrogen) atoms. The monoisotopic (exact) mass is 402 g/mol. The Labute approximate surface area is 147 Å². The Morgan fingerprint density at radius 1 is 1.41 bits per heavy atom. The van der Waals surface area contributed by atoms with Crippen LogP contribution in [0.1, 0.15) is 23.2 Å². The summed E-state index contributed by atoms with van der Waals surface area (Å²) in [4.78, 5) is 26.6. The first-order chi connectivity index (χ1) is 10.6. The molecule has 1 saturated carbocycles. The van der Waals surface area contributed by atoms with E-state index in [0.29, 0.717) is 28.1 Å². The van der Waals surface area contributed by atoms with E-state index in [1.165, 1.54) is 12.8 Å². The first-order valence-corrected chi connectivity index (χ1v) is 9.50. The second-order valence-electron chi connectivity index (χ2n) is 5.60. The maximum absolute atomic E-state index is 12.7. The number of nitrogens with zero attached hydrogens (tertiary/aromatic N) is 1. The summed E-state index contributed by atoms with van der Waals surface area (Å²) in [7, 11) is 0. The fourth-order valence-electron chi connectivity index (χ4n) is 2.36. The molecule has 2 amide bonds.